The number of carbonyl (C=O) groups is 2. The number of carboxylic acids is 1. The highest BCUT2D eigenvalue weighted by Gasteiger charge is 2.33. The van der Waals surface area contributed by atoms with Gasteiger partial charge in [0.25, 0.3) is 0 Å². The normalized spacial score (nSPS) is 25.2. The van der Waals surface area contributed by atoms with E-state index in [0.29, 0.717) is 0 Å². The molecular formula is C14H26N2O3. The molecule has 0 heterocycles. The van der Waals surface area contributed by atoms with E-state index in [1.165, 1.54) is 6.42 Å². The second kappa shape index (κ2) is 6.26. The molecule has 0 spiro atoms. The molecule has 0 aromatic heterocycles. The van der Waals surface area contributed by atoms with Crippen LogP contribution in [0.5, 0.6) is 0 Å². The molecule has 0 radical (unpaired) electrons. The van der Waals surface area contributed by atoms with Crippen molar-refractivity contribution in [2.75, 3.05) is 0 Å². The zero-order valence-corrected chi connectivity index (χ0v) is 12.3. The molecule has 1 rings (SSSR count). The van der Waals surface area contributed by atoms with E-state index in [4.69, 9.17) is 5.11 Å². The zero-order valence-electron chi connectivity index (χ0n) is 12.3. The van der Waals surface area contributed by atoms with Gasteiger partial charge in [-0.3, -0.25) is 4.79 Å². The van der Waals surface area contributed by atoms with Crippen molar-refractivity contribution in [3.05, 3.63) is 0 Å². The Labute approximate surface area is 115 Å². The van der Waals surface area contributed by atoms with Gasteiger partial charge >= 0.3 is 12.0 Å². The van der Waals surface area contributed by atoms with Crippen molar-refractivity contribution < 1.29 is 14.7 Å². The summed E-state index contributed by atoms with van der Waals surface area (Å²) in [5.41, 5.74) is 0.108. The number of urea groups is 1. The predicted octanol–water partition coefficient (Wildman–Crippen LogP) is 2.36. The molecule has 0 saturated heterocycles. The van der Waals surface area contributed by atoms with Crippen molar-refractivity contribution in [2.45, 2.75) is 65.5 Å². The van der Waals surface area contributed by atoms with Gasteiger partial charge in [-0.05, 0) is 32.1 Å². The number of carbonyl (C=O) groups excluding carboxylic acids is 1. The van der Waals surface area contributed by atoms with Crippen molar-refractivity contribution in [3.8, 4) is 0 Å². The van der Waals surface area contributed by atoms with Crippen LogP contribution in [0, 0.1) is 11.3 Å². The van der Waals surface area contributed by atoms with E-state index < -0.39 is 11.9 Å². The summed E-state index contributed by atoms with van der Waals surface area (Å²) in [4.78, 5) is 22.8. The lowest BCUT2D eigenvalue weighted by atomic mass is 9.73. The van der Waals surface area contributed by atoms with E-state index >= 15 is 0 Å². The summed E-state index contributed by atoms with van der Waals surface area (Å²) in [6, 6.07) is -0.488. The molecule has 19 heavy (non-hydrogen) atoms. The van der Waals surface area contributed by atoms with E-state index in [1.54, 1.807) is 13.8 Å². The first-order valence-corrected chi connectivity index (χ1v) is 7.04. The van der Waals surface area contributed by atoms with Crippen molar-refractivity contribution in [1.82, 2.24) is 10.6 Å². The third-order valence-electron chi connectivity index (χ3n) is 4.31. The second-order valence-corrected chi connectivity index (χ2v) is 6.32. The van der Waals surface area contributed by atoms with Gasteiger partial charge in [0, 0.05) is 12.1 Å². The molecule has 0 bridgehead atoms. The van der Waals surface area contributed by atoms with E-state index in [0.717, 1.165) is 19.3 Å². The van der Waals surface area contributed by atoms with E-state index in [1.807, 2.05) is 0 Å². The molecule has 3 unspecified atom stereocenters. The van der Waals surface area contributed by atoms with Crippen LogP contribution in [-0.4, -0.2) is 29.2 Å². The van der Waals surface area contributed by atoms with Crippen LogP contribution in [0.2, 0.25) is 0 Å². The fourth-order valence-electron chi connectivity index (χ4n) is 2.51. The highest BCUT2D eigenvalue weighted by molar-refractivity contribution is 5.76. The van der Waals surface area contributed by atoms with Gasteiger partial charge in [0.1, 0.15) is 0 Å². The number of nitrogens with one attached hydrogen (secondary N) is 2. The summed E-state index contributed by atoms with van der Waals surface area (Å²) in [6.45, 7) is 7.64. The first-order chi connectivity index (χ1) is 8.74. The maximum absolute atomic E-state index is 11.9. The van der Waals surface area contributed by atoms with Gasteiger partial charge in [0.05, 0.1) is 5.92 Å². The fraction of sp³-hybridized carbons (Fsp3) is 0.857. The van der Waals surface area contributed by atoms with E-state index in [9.17, 15) is 9.59 Å². The highest BCUT2D eigenvalue weighted by Crippen LogP contribution is 2.35. The molecule has 1 aliphatic rings. The fourth-order valence-corrected chi connectivity index (χ4v) is 2.51. The monoisotopic (exact) mass is 270 g/mol. The van der Waals surface area contributed by atoms with Gasteiger partial charge in [0.2, 0.25) is 0 Å². The van der Waals surface area contributed by atoms with E-state index in [-0.39, 0.29) is 23.5 Å². The SMILES string of the molecule is CC(NC(=O)NC1CCCCC1(C)C)C(C)C(=O)O. The third-order valence-corrected chi connectivity index (χ3v) is 4.31. The molecule has 3 N–H and O–H groups in total. The van der Waals surface area contributed by atoms with Gasteiger partial charge < -0.3 is 15.7 Å². The van der Waals surface area contributed by atoms with Crippen LogP contribution in [-0.2, 0) is 4.79 Å². The minimum atomic E-state index is -0.897. The second-order valence-electron chi connectivity index (χ2n) is 6.32. The summed E-state index contributed by atoms with van der Waals surface area (Å²) < 4.78 is 0. The lowest BCUT2D eigenvalue weighted by molar-refractivity contribution is -0.141. The molecule has 0 aliphatic heterocycles. The van der Waals surface area contributed by atoms with Crippen LogP contribution < -0.4 is 10.6 Å². The summed E-state index contributed by atoms with van der Waals surface area (Å²) in [6.07, 6.45) is 4.44. The van der Waals surface area contributed by atoms with Gasteiger partial charge in [0.15, 0.2) is 0 Å². The van der Waals surface area contributed by atoms with Crippen LogP contribution in [0.15, 0.2) is 0 Å². The molecular weight excluding hydrogens is 244 g/mol. The topological polar surface area (TPSA) is 78.4 Å². The minimum absolute atomic E-state index is 0.108. The first kappa shape index (κ1) is 15.8. The average molecular weight is 270 g/mol. The van der Waals surface area contributed by atoms with Gasteiger partial charge in [-0.25, -0.2) is 4.79 Å². The number of amides is 2. The molecule has 3 atom stereocenters. The van der Waals surface area contributed by atoms with Crippen molar-refractivity contribution in [2.24, 2.45) is 11.3 Å². The number of rotatable bonds is 4. The zero-order chi connectivity index (χ0) is 14.6. The largest absolute Gasteiger partial charge is 0.481 e. The van der Waals surface area contributed by atoms with Crippen molar-refractivity contribution >= 4 is 12.0 Å². The Bertz CT molecular complexity index is 342. The molecule has 110 valence electrons. The maximum atomic E-state index is 11.9. The Kier molecular flexibility index (Phi) is 5.20. The van der Waals surface area contributed by atoms with Crippen LogP contribution in [0.1, 0.15) is 53.4 Å². The number of aliphatic carboxylic acids is 1. The molecule has 0 aromatic rings. The van der Waals surface area contributed by atoms with Crippen molar-refractivity contribution in [3.63, 3.8) is 0 Å². The maximum Gasteiger partial charge on any atom is 0.315 e. The lowest BCUT2D eigenvalue weighted by Crippen LogP contribution is -2.53. The number of hydrogen-bond donors (Lipinski definition) is 3. The molecule has 5 heteroatoms. The summed E-state index contributed by atoms with van der Waals surface area (Å²) in [5.74, 6) is -1.49. The van der Waals surface area contributed by atoms with E-state index in [2.05, 4.69) is 24.5 Å². The Hall–Kier alpha value is -1.26. The highest BCUT2D eigenvalue weighted by atomic mass is 16.4. The summed E-state index contributed by atoms with van der Waals surface area (Å²) in [5, 5.41) is 14.6. The molecule has 0 aromatic carbocycles. The Morgan fingerprint density at radius 3 is 2.42 bits per heavy atom. The van der Waals surface area contributed by atoms with Gasteiger partial charge in [-0.15, -0.1) is 0 Å². The molecule has 2 amide bonds. The minimum Gasteiger partial charge on any atom is -0.481 e. The van der Waals surface area contributed by atoms with Gasteiger partial charge in [-0.1, -0.05) is 26.7 Å². The Morgan fingerprint density at radius 2 is 1.89 bits per heavy atom. The lowest BCUT2D eigenvalue weighted by Gasteiger charge is -2.39. The standard InChI is InChI=1S/C14H26N2O3/c1-9(12(17)18)10(2)15-13(19)16-11-7-5-6-8-14(11,3)4/h9-11H,5-8H2,1-4H3,(H,17,18)(H2,15,16,19). The average Bonchev–Trinajstić information content (AvgIpc) is 2.30. The third kappa shape index (κ3) is 4.40. The quantitative estimate of drug-likeness (QED) is 0.733. The van der Waals surface area contributed by atoms with Crippen molar-refractivity contribution in [1.29, 1.82) is 0 Å². The first-order valence-electron chi connectivity index (χ1n) is 7.04. The Morgan fingerprint density at radius 1 is 1.26 bits per heavy atom. The molecule has 1 fully saturated rings. The summed E-state index contributed by atoms with van der Waals surface area (Å²) >= 11 is 0. The molecule has 1 saturated carbocycles. The predicted molar refractivity (Wildman–Crippen MR) is 74.0 cm³/mol. The summed E-state index contributed by atoms with van der Waals surface area (Å²) in [7, 11) is 0. The van der Waals surface area contributed by atoms with Crippen LogP contribution in [0.25, 0.3) is 0 Å². The number of hydrogen-bond acceptors (Lipinski definition) is 2. The van der Waals surface area contributed by atoms with Gasteiger partial charge in [-0.2, -0.15) is 0 Å². The molecule has 1 aliphatic carbocycles. The van der Waals surface area contributed by atoms with Crippen LogP contribution in [0.4, 0.5) is 4.79 Å². The van der Waals surface area contributed by atoms with Crippen LogP contribution >= 0.6 is 0 Å². The smallest absolute Gasteiger partial charge is 0.315 e. The van der Waals surface area contributed by atoms with Crippen LogP contribution in [0.3, 0.4) is 0 Å². The Balaban J connectivity index is 2.48. The number of carboxylic acid groups (broad SMARTS) is 1. The molecule has 5 nitrogen and oxygen atoms in total.